The number of phenols is 1. The molecule has 2 aromatic carbocycles. The number of amides is 1. The molecule has 1 saturated carbocycles. The predicted octanol–water partition coefficient (Wildman–Crippen LogP) is 5.49. The molecule has 2 atom stereocenters. The molecule has 2 aliphatic rings. The lowest BCUT2D eigenvalue weighted by atomic mass is 9.85. The summed E-state index contributed by atoms with van der Waals surface area (Å²) in [5.41, 5.74) is 0.668. The van der Waals surface area contributed by atoms with Crippen LogP contribution in [0.4, 0.5) is 11.4 Å². The Morgan fingerprint density at radius 1 is 1.24 bits per heavy atom. The zero-order chi connectivity index (χ0) is 23.5. The molecule has 2 fully saturated rings. The number of carbonyl (C=O) groups is 1. The summed E-state index contributed by atoms with van der Waals surface area (Å²) >= 11 is 1.26. The third-order valence-corrected chi connectivity index (χ3v) is 6.99. The summed E-state index contributed by atoms with van der Waals surface area (Å²) in [4.78, 5) is 31.2. The van der Waals surface area contributed by atoms with Gasteiger partial charge in [0.1, 0.15) is 0 Å². The van der Waals surface area contributed by atoms with Crippen molar-refractivity contribution in [1.82, 2.24) is 4.90 Å². The average molecular weight is 468 g/mol. The lowest BCUT2D eigenvalue weighted by Crippen LogP contribution is -2.44. The Balaban J connectivity index is 1.76. The molecular formula is C24H25N3O5S. The molecule has 172 valence electrons. The standard InChI is InChI=1S/C24H25N3O5S/c1-15-8-6-7-11-18(15)26-23(29)21(33-24(26)25-17-9-4-3-5-10-17)14-16-12-19(27(30)31)22(28)20(13-16)32-2/h3-5,9-10,12-15,18,28H,6-8,11H2,1-2H3/b21-14-,25-24?/t15-,18-/m0/s1. The predicted molar refractivity (Wildman–Crippen MR) is 129 cm³/mol. The zero-order valence-corrected chi connectivity index (χ0v) is 19.2. The number of thioether (sulfide) groups is 1. The van der Waals surface area contributed by atoms with Gasteiger partial charge in [0.15, 0.2) is 10.9 Å². The average Bonchev–Trinajstić information content (AvgIpc) is 3.10. The van der Waals surface area contributed by atoms with E-state index in [1.807, 2.05) is 30.3 Å². The number of carbonyl (C=O) groups excluding carboxylic acids is 1. The van der Waals surface area contributed by atoms with Gasteiger partial charge in [0.2, 0.25) is 5.75 Å². The van der Waals surface area contributed by atoms with Gasteiger partial charge in [-0.25, -0.2) is 4.99 Å². The van der Waals surface area contributed by atoms with Gasteiger partial charge in [-0.2, -0.15) is 0 Å². The lowest BCUT2D eigenvalue weighted by molar-refractivity contribution is -0.386. The Bertz CT molecular complexity index is 1130. The van der Waals surface area contributed by atoms with Crippen molar-refractivity contribution in [2.24, 2.45) is 10.9 Å². The first kappa shape index (κ1) is 22.8. The lowest BCUT2D eigenvalue weighted by Gasteiger charge is -2.35. The molecular weight excluding hydrogens is 442 g/mol. The number of para-hydroxylation sites is 1. The molecule has 1 saturated heterocycles. The summed E-state index contributed by atoms with van der Waals surface area (Å²) in [6.07, 6.45) is 5.77. The van der Waals surface area contributed by atoms with Crippen LogP contribution >= 0.6 is 11.8 Å². The molecule has 33 heavy (non-hydrogen) atoms. The first-order valence-electron chi connectivity index (χ1n) is 10.8. The minimum atomic E-state index is -0.679. The molecule has 0 aromatic heterocycles. The minimum absolute atomic E-state index is 0.0255. The van der Waals surface area contributed by atoms with Crippen molar-refractivity contribution in [3.63, 3.8) is 0 Å². The fourth-order valence-corrected chi connectivity index (χ4v) is 5.34. The van der Waals surface area contributed by atoms with Crippen molar-refractivity contribution in [2.75, 3.05) is 7.11 Å². The van der Waals surface area contributed by atoms with E-state index in [-0.39, 0.29) is 17.7 Å². The highest BCUT2D eigenvalue weighted by Crippen LogP contribution is 2.42. The Labute approximate surface area is 196 Å². The maximum atomic E-state index is 13.5. The van der Waals surface area contributed by atoms with Crippen LogP contribution in [0.15, 0.2) is 52.4 Å². The number of rotatable bonds is 5. The largest absolute Gasteiger partial charge is 0.500 e. The van der Waals surface area contributed by atoms with Gasteiger partial charge in [0.25, 0.3) is 5.91 Å². The molecule has 8 nitrogen and oxygen atoms in total. The topological polar surface area (TPSA) is 105 Å². The number of aliphatic imine (C=N–C) groups is 1. The van der Waals surface area contributed by atoms with Crippen LogP contribution in [-0.4, -0.2) is 39.2 Å². The van der Waals surface area contributed by atoms with Crippen LogP contribution in [0.2, 0.25) is 0 Å². The van der Waals surface area contributed by atoms with Crippen LogP contribution in [-0.2, 0) is 4.79 Å². The van der Waals surface area contributed by atoms with E-state index in [0.29, 0.717) is 21.6 Å². The normalized spacial score (nSPS) is 23.3. The second-order valence-electron chi connectivity index (χ2n) is 8.19. The second kappa shape index (κ2) is 9.66. The summed E-state index contributed by atoms with van der Waals surface area (Å²) in [7, 11) is 1.32. The quantitative estimate of drug-likeness (QED) is 0.354. The first-order valence-corrected chi connectivity index (χ1v) is 11.6. The molecule has 1 amide bonds. The molecule has 4 rings (SSSR count). The van der Waals surface area contributed by atoms with E-state index in [2.05, 4.69) is 6.92 Å². The number of nitro groups is 1. The third kappa shape index (κ3) is 4.73. The van der Waals surface area contributed by atoms with E-state index < -0.39 is 16.4 Å². The van der Waals surface area contributed by atoms with Crippen LogP contribution in [0.25, 0.3) is 6.08 Å². The number of nitrogens with zero attached hydrogens (tertiary/aromatic N) is 3. The van der Waals surface area contributed by atoms with Gasteiger partial charge < -0.3 is 9.84 Å². The summed E-state index contributed by atoms with van der Waals surface area (Å²) in [6, 6.07) is 12.2. The molecule has 0 bridgehead atoms. The number of phenolic OH excluding ortho intramolecular Hbond substituents is 1. The number of aromatic hydroxyl groups is 1. The zero-order valence-electron chi connectivity index (χ0n) is 18.4. The van der Waals surface area contributed by atoms with Crippen LogP contribution in [0.1, 0.15) is 38.2 Å². The van der Waals surface area contributed by atoms with Gasteiger partial charge in [-0.3, -0.25) is 19.8 Å². The van der Waals surface area contributed by atoms with Crippen LogP contribution in [0.3, 0.4) is 0 Å². The molecule has 9 heteroatoms. The summed E-state index contributed by atoms with van der Waals surface area (Å²) in [6.45, 7) is 2.16. The van der Waals surface area contributed by atoms with Crippen LogP contribution < -0.4 is 4.74 Å². The Hall–Kier alpha value is -3.33. The third-order valence-electron chi connectivity index (χ3n) is 6.01. The molecule has 1 heterocycles. The smallest absolute Gasteiger partial charge is 0.315 e. The molecule has 0 unspecified atom stereocenters. The van der Waals surface area contributed by atoms with E-state index in [0.717, 1.165) is 31.4 Å². The Morgan fingerprint density at radius 3 is 2.64 bits per heavy atom. The van der Waals surface area contributed by atoms with Gasteiger partial charge in [0, 0.05) is 12.1 Å². The van der Waals surface area contributed by atoms with Crippen molar-refractivity contribution < 1.29 is 19.6 Å². The van der Waals surface area contributed by atoms with Gasteiger partial charge >= 0.3 is 5.69 Å². The molecule has 1 aliphatic carbocycles. The Morgan fingerprint density at radius 2 is 1.97 bits per heavy atom. The van der Waals surface area contributed by atoms with Crippen molar-refractivity contribution in [3.05, 3.63) is 63.0 Å². The fraction of sp³-hybridized carbons (Fsp3) is 0.333. The monoisotopic (exact) mass is 467 g/mol. The van der Waals surface area contributed by atoms with Crippen LogP contribution in [0.5, 0.6) is 11.5 Å². The van der Waals surface area contributed by atoms with Gasteiger partial charge in [-0.15, -0.1) is 0 Å². The number of amidine groups is 1. The van der Waals surface area contributed by atoms with Crippen LogP contribution in [0, 0.1) is 16.0 Å². The number of hydrogen-bond donors (Lipinski definition) is 1. The highest BCUT2D eigenvalue weighted by molar-refractivity contribution is 8.18. The second-order valence-corrected chi connectivity index (χ2v) is 9.20. The highest BCUT2D eigenvalue weighted by atomic mass is 32.2. The summed E-state index contributed by atoms with van der Waals surface area (Å²) in [5, 5.41) is 22.0. The van der Waals surface area contributed by atoms with E-state index >= 15 is 0 Å². The number of benzene rings is 2. The van der Waals surface area contributed by atoms with E-state index in [9.17, 15) is 20.0 Å². The van der Waals surface area contributed by atoms with E-state index in [1.54, 1.807) is 11.0 Å². The molecule has 1 aliphatic heterocycles. The fourth-order valence-electron chi connectivity index (χ4n) is 4.29. The molecule has 2 aromatic rings. The summed E-state index contributed by atoms with van der Waals surface area (Å²) < 4.78 is 5.09. The van der Waals surface area contributed by atoms with Crippen molar-refractivity contribution in [3.8, 4) is 11.5 Å². The summed E-state index contributed by atoms with van der Waals surface area (Å²) in [5.74, 6) is -0.386. The SMILES string of the molecule is COc1cc(/C=C2\SC(=Nc3ccccc3)N([C@H]3CCCC[C@@H]3C)C2=O)cc([N+](=O)[O-])c1O. The number of methoxy groups -OCH3 is 1. The minimum Gasteiger partial charge on any atom is -0.500 e. The number of hydrogen-bond acceptors (Lipinski definition) is 7. The number of ether oxygens (including phenoxy) is 1. The maximum Gasteiger partial charge on any atom is 0.315 e. The van der Waals surface area contributed by atoms with Gasteiger partial charge in [-0.05, 0) is 60.4 Å². The van der Waals surface area contributed by atoms with Crippen molar-refractivity contribution in [2.45, 2.75) is 38.6 Å². The van der Waals surface area contributed by atoms with Gasteiger partial charge in [-0.1, -0.05) is 38.0 Å². The first-order chi connectivity index (χ1) is 15.9. The number of nitro benzene ring substituents is 1. The molecule has 0 radical (unpaired) electrons. The molecule has 1 N–H and O–H groups in total. The van der Waals surface area contributed by atoms with Gasteiger partial charge in [0.05, 0.1) is 22.6 Å². The van der Waals surface area contributed by atoms with Crippen molar-refractivity contribution >= 4 is 40.3 Å². The van der Waals surface area contributed by atoms with E-state index in [4.69, 9.17) is 9.73 Å². The molecule has 0 spiro atoms. The van der Waals surface area contributed by atoms with Crippen molar-refractivity contribution in [1.29, 1.82) is 0 Å². The highest BCUT2D eigenvalue weighted by Gasteiger charge is 2.41. The Kier molecular flexibility index (Phi) is 6.69. The maximum absolute atomic E-state index is 13.5. The van der Waals surface area contributed by atoms with E-state index in [1.165, 1.54) is 31.0 Å².